The minimum Gasteiger partial charge on any atom is -0.457 e. The van der Waals surface area contributed by atoms with Crippen molar-refractivity contribution in [2.24, 2.45) is 0 Å². The van der Waals surface area contributed by atoms with Crippen molar-refractivity contribution in [2.45, 2.75) is 19.6 Å². The molecule has 1 nitrogen and oxygen atoms in total. The van der Waals surface area contributed by atoms with Crippen molar-refractivity contribution < 1.29 is 4.74 Å². The topological polar surface area (TPSA) is 9.23 Å². The van der Waals surface area contributed by atoms with Gasteiger partial charge in [-0.25, -0.2) is 0 Å². The van der Waals surface area contributed by atoms with E-state index in [0.717, 1.165) is 16.4 Å². The van der Waals surface area contributed by atoms with E-state index < -0.39 is 0 Å². The lowest BCUT2D eigenvalue weighted by Crippen LogP contribution is -1.91. The summed E-state index contributed by atoms with van der Waals surface area (Å²) in [5, 5.41) is 0. The van der Waals surface area contributed by atoms with Gasteiger partial charge in [-0.1, -0.05) is 53.9 Å². The SMILES string of the molecule is [c]1c(Oc2ccccc2)ccc2c1Sc1ccccc1S2. The highest BCUT2D eigenvalue weighted by molar-refractivity contribution is 8.05. The van der Waals surface area contributed by atoms with E-state index in [9.17, 15) is 0 Å². The lowest BCUT2D eigenvalue weighted by molar-refractivity contribution is 0.479. The van der Waals surface area contributed by atoms with Crippen LogP contribution in [0.15, 0.2) is 86.3 Å². The van der Waals surface area contributed by atoms with Gasteiger partial charge < -0.3 is 4.74 Å². The first-order chi connectivity index (χ1) is 10.4. The van der Waals surface area contributed by atoms with E-state index in [0.29, 0.717) is 0 Å². The first kappa shape index (κ1) is 12.9. The second kappa shape index (κ2) is 5.51. The number of fused-ring (bicyclic) bond motifs is 2. The molecule has 0 saturated heterocycles. The highest BCUT2D eigenvalue weighted by Crippen LogP contribution is 2.49. The Bertz CT molecular complexity index is 784. The van der Waals surface area contributed by atoms with Crippen LogP contribution in [0.3, 0.4) is 0 Å². The molecule has 0 saturated carbocycles. The largest absolute Gasteiger partial charge is 0.457 e. The summed E-state index contributed by atoms with van der Waals surface area (Å²) in [5.74, 6) is 1.59. The van der Waals surface area contributed by atoms with Crippen LogP contribution in [0.25, 0.3) is 0 Å². The van der Waals surface area contributed by atoms with Gasteiger partial charge in [-0.15, -0.1) is 0 Å². The monoisotopic (exact) mass is 307 g/mol. The third-order valence-electron chi connectivity index (χ3n) is 3.10. The second-order valence-electron chi connectivity index (χ2n) is 4.58. The van der Waals surface area contributed by atoms with E-state index in [4.69, 9.17) is 4.74 Å². The molecule has 4 rings (SSSR count). The van der Waals surface area contributed by atoms with Crippen LogP contribution in [0, 0.1) is 6.07 Å². The maximum absolute atomic E-state index is 5.85. The summed E-state index contributed by atoms with van der Waals surface area (Å²) in [6.45, 7) is 0. The fraction of sp³-hybridized carbons (Fsp3) is 0. The molecule has 0 atom stereocenters. The Morgan fingerprint density at radius 1 is 0.667 bits per heavy atom. The van der Waals surface area contributed by atoms with Gasteiger partial charge in [0.1, 0.15) is 11.5 Å². The number of benzene rings is 3. The van der Waals surface area contributed by atoms with Crippen LogP contribution >= 0.6 is 23.5 Å². The van der Waals surface area contributed by atoms with Gasteiger partial charge in [0.2, 0.25) is 0 Å². The van der Waals surface area contributed by atoms with Crippen LogP contribution in [0.1, 0.15) is 0 Å². The Kier molecular flexibility index (Phi) is 3.37. The predicted molar refractivity (Wildman–Crippen MR) is 86.5 cm³/mol. The Labute approximate surface area is 132 Å². The molecule has 1 aliphatic heterocycles. The van der Waals surface area contributed by atoms with Gasteiger partial charge in [0.05, 0.1) is 0 Å². The van der Waals surface area contributed by atoms with Crippen LogP contribution in [0.2, 0.25) is 0 Å². The molecule has 0 N–H and O–H groups in total. The van der Waals surface area contributed by atoms with Gasteiger partial charge in [-0.2, -0.15) is 0 Å². The van der Waals surface area contributed by atoms with E-state index in [-0.39, 0.29) is 0 Å². The fourth-order valence-corrected chi connectivity index (χ4v) is 4.31. The van der Waals surface area contributed by atoms with Crippen LogP contribution in [-0.2, 0) is 0 Å². The highest BCUT2D eigenvalue weighted by Gasteiger charge is 2.17. The summed E-state index contributed by atoms with van der Waals surface area (Å²) in [6, 6.07) is 25.7. The van der Waals surface area contributed by atoms with Gasteiger partial charge in [-0.3, -0.25) is 0 Å². The minimum absolute atomic E-state index is 0.757. The summed E-state index contributed by atoms with van der Waals surface area (Å²) < 4.78 is 5.85. The maximum Gasteiger partial charge on any atom is 0.136 e. The third-order valence-corrected chi connectivity index (χ3v) is 5.60. The molecule has 0 amide bonds. The minimum atomic E-state index is 0.757. The maximum atomic E-state index is 5.85. The van der Waals surface area contributed by atoms with Gasteiger partial charge in [0.25, 0.3) is 0 Å². The van der Waals surface area contributed by atoms with E-state index in [1.807, 2.05) is 36.4 Å². The number of ether oxygens (including phenoxy) is 1. The van der Waals surface area contributed by atoms with E-state index in [1.54, 1.807) is 23.5 Å². The van der Waals surface area contributed by atoms with E-state index in [1.165, 1.54) is 14.7 Å². The first-order valence-electron chi connectivity index (χ1n) is 6.62. The molecule has 0 spiro atoms. The van der Waals surface area contributed by atoms with Crippen molar-refractivity contribution >= 4 is 23.5 Å². The molecule has 0 fully saturated rings. The molecular formula is C18H11OS2. The molecular weight excluding hydrogens is 296 g/mol. The summed E-state index contributed by atoms with van der Waals surface area (Å²) in [7, 11) is 0. The molecule has 0 bridgehead atoms. The molecule has 3 heteroatoms. The Morgan fingerprint density at radius 3 is 2.19 bits per heavy atom. The van der Waals surface area contributed by atoms with Gasteiger partial charge in [0.15, 0.2) is 0 Å². The second-order valence-corrected chi connectivity index (χ2v) is 6.72. The number of hydrogen-bond donors (Lipinski definition) is 0. The smallest absolute Gasteiger partial charge is 0.136 e. The lowest BCUT2D eigenvalue weighted by Gasteiger charge is -2.18. The molecule has 1 radical (unpaired) electrons. The standard InChI is InChI=1S/C18H11OS2/c1-2-6-13(7-3-1)19-14-10-11-17-18(12-14)21-16-9-5-4-8-15(16)20-17/h1-11H. The average Bonchev–Trinajstić information content (AvgIpc) is 2.54. The molecule has 3 aromatic carbocycles. The Balaban J connectivity index is 1.64. The van der Waals surface area contributed by atoms with E-state index in [2.05, 4.69) is 36.4 Å². The summed E-state index contributed by atoms with van der Waals surface area (Å²) in [4.78, 5) is 4.95. The van der Waals surface area contributed by atoms with Crippen LogP contribution < -0.4 is 4.74 Å². The van der Waals surface area contributed by atoms with E-state index >= 15 is 0 Å². The van der Waals surface area contributed by atoms with Crippen molar-refractivity contribution in [1.82, 2.24) is 0 Å². The van der Waals surface area contributed by atoms with Gasteiger partial charge in [-0.05, 0) is 36.4 Å². The zero-order valence-electron chi connectivity index (χ0n) is 11.1. The van der Waals surface area contributed by atoms with Gasteiger partial charge >= 0.3 is 0 Å². The average molecular weight is 307 g/mol. The number of para-hydroxylation sites is 1. The van der Waals surface area contributed by atoms with Crippen molar-refractivity contribution in [3.05, 3.63) is 72.8 Å². The molecule has 21 heavy (non-hydrogen) atoms. The van der Waals surface area contributed by atoms with Crippen LogP contribution in [0.5, 0.6) is 11.5 Å². The zero-order chi connectivity index (χ0) is 14.1. The van der Waals surface area contributed by atoms with Crippen molar-refractivity contribution in [3.63, 3.8) is 0 Å². The summed E-state index contributed by atoms with van der Waals surface area (Å²) >= 11 is 3.54. The quantitative estimate of drug-likeness (QED) is 0.456. The molecule has 1 heterocycles. The van der Waals surface area contributed by atoms with Crippen LogP contribution in [0.4, 0.5) is 0 Å². The number of hydrogen-bond acceptors (Lipinski definition) is 3. The summed E-state index contributed by atoms with van der Waals surface area (Å²) in [6.07, 6.45) is 0. The van der Waals surface area contributed by atoms with Crippen LogP contribution in [-0.4, -0.2) is 0 Å². The van der Waals surface area contributed by atoms with Gasteiger partial charge in [0, 0.05) is 25.6 Å². The molecule has 101 valence electrons. The lowest BCUT2D eigenvalue weighted by atomic mass is 10.3. The van der Waals surface area contributed by atoms with Crippen molar-refractivity contribution in [3.8, 4) is 11.5 Å². The fourth-order valence-electron chi connectivity index (χ4n) is 2.12. The normalized spacial score (nSPS) is 12.4. The molecule has 3 aromatic rings. The molecule has 0 aromatic heterocycles. The number of rotatable bonds is 2. The predicted octanol–water partition coefficient (Wildman–Crippen LogP) is 5.89. The molecule has 0 unspecified atom stereocenters. The first-order valence-corrected chi connectivity index (χ1v) is 8.26. The molecule has 1 aliphatic rings. The molecule has 0 aliphatic carbocycles. The van der Waals surface area contributed by atoms with Crippen molar-refractivity contribution in [1.29, 1.82) is 0 Å². The highest BCUT2D eigenvalue weighted by atomic mass is 32.2. The van der Waals surface area contributed by atoms with Crippen molar-refractivity contribution in [2.75, 3.05) is 0 Å². The zero-order valence-corrected chi connectivity index (χ0v) is 12.7. The summed E-state index contributed by atoms with van der Waals surface area (Å²) in [5.41, 5.74) is 0. The Hall–Kier alpha value is -1.84. The third kappa shape index (κ3) is 2.67. The Morgan fingerprint density at radius 2 is 1.38 bits per heavy atom.